The van der Waals surface area contributed by atoms with Gasteiger partial charge < -0.3 is 0 Å². The second kappa shape index (κ2) is 18.3. The number of hydrogen-bond acceptors (Lipinski definition) is 12. The SMILES string of the molecule is CC.CC.COS(=O)(=O)c1cc(N=Nc2ccc(-n3nc4ccc5ccccc5c4n3)cc2)ccc1C=Cc1ccc(-n2nc3ccc4ccccc4c3n2)cc1S(=O)(=O)OC. The standard InChI is InChI=1S/C42H30N8O6S2.2C2H6/c1-55-57(51,52)39-25-32(44-43-31-18-21-33(22-19-31)49-45-37-23-15-27-7-3-5-9-35(27)41(37)47-49)17-13-29(39)11-12-30-14-20-34(26-40(30)58(53,54)56-2)50-46-38-24-16-28-8-4-6-10-36(28)42(38)48-50;2*1-2/h3-26H,1-2H3;2*1-2H3. The third-order valence-corrected chi connectivity index (χ3v) is 12.2. The zero-order valence-electron chi connectivity index (χ0n) is 34.7. The van der Waals surface area contributed by atoms with Gasteiger partial charge in [-0.2, -0.15) is 36.7 Å². The highest BCUT2D eigenvalue weighted by Crippen LogP contribution is 2.31. The van der Waals surface area contributed by atoms with Crippen LogP contribution < -0.4 is 0 Å². The zero-order valence-corrected chi connectivity index (χ0v) is 36.3. The summed E-state index contributed by atoms with van der Waals surface area (Å²) >= 11 is 0. The molecule has 0 spiro atoms. The molecule has 0 aliphatic heterocycles. The number of hydrogen-bond donors (Lipinski definition) is 0. The topological polar surface area (TPSA) is 173 Å². The fraction of sp³-hybridized carbons (Fsp3) is 0.130. The molecule has 16 heteroatoms. The van der Waals surface area contributed by atoms with Crippen molar-refractivity contribution in [2.24, 2.45) is 10.2 Å². The minimum absolute atomic E-state index is 0.173. The van der Waals surface area contributed by atoms with Crippen LogP contribution in [0.25, 0.3) is 67.1 Å². The number of azo groups is 1. The summed E-state index contributed by atoms with van der Waals surface area (Å²) in [7, 11) is -6.38. The number of nitrogens with zero attached hydrogens (tertiary/aromatic N) is 8. The van der Waals surface area contributed by atoms with Gasteiger partial charge in [0.25, 0.3) is 20.2 Å². The van der Waals surface area contributed by atoms with Crippen molar-refractivity contribution in [3.63, 3.8) is 0 Å². The van der Waals surface area contributed by atoms with Crippen LogP contribution in [0.4, 0.5) is 11.4 Å². The van der Waals surface area contributed by atoms with Crippen LogP contribution in [0.2, 0.25) is 0 Å². The van der Waals surface area contributed by atoms with Crippen molar-refractivity contribution >= 4 is 87.4 Å². The first-order chi connectivity index (χ1) is 30.1. The van der Waals surface area contributed by atoms with Gasteiger partial charge in [0.15, 0.2) is 0 Å². The van der Waals surface area contributed by atoms with E-state index in [1.807, 2.05) is 113 Å². The molecular weight excluding hydrogens is 825 g/mol. The molecule has 62 heavy (non-hydrogen) atoms. The van der Waals surface area contributed by atoms with Crippen molar-refractivity contribution in [2.45, 2.75) is 37.5 Å². The van der Waals surface area contributed by atoms with Gasteiger partial charge in [0, 0.05) is 10.8 Å². The lowest BCUT2D eigenvalue weighted by atomic mass is 10.1. The van der Waals surface area contributed by atoms with Crippen molar-refractivity contribution in [3.8, 4) is 11.4 Å². The lowest BCUT2D eigenvalue weighted by Crippen LogP contribution is -2.08. The van der Waals surface area contributed by atoms with E-state index in [-0.39, 0.29) is 26.6 Å². The van der Waals surface area contributed by atoms with Crippen LogP contribution in [-0.2, 0) is 28.6 Å². The van der Waals surface area contributed by atoms with Crippen LogP contribution >= 0.6 is 0 Å². The molecule has 9 rings (SSSR count). The Kier molecular flexibility index (Phi) is 12.7. The Morgan fingerprint density at radius 1 is 0.484 bits per heavy atom. The van der Waals surface area contributed by atoms with Crippen LogP contribution in [0, 0.1) is 0 Å². The van der Waals surface area contributed by atoms with Gasteiger partial charge in [0.2, 0.25) is 0 Å². The quantitative estimate of drug-likeness (QED) is 0.0731. The zero-order chi connectivity index (χ0) is 44.0. The molecule has 9 aromatic rings. The average Bonchev–Trinajstić information content (AvgIpc) is 3.98. The smallest absolute Gasteiger partial charge is 0.270 e. The molecule has 2 heterocycles. The van der Waals surface area contributed by atoms with E-state index in [0.29, 0.717) is 22.4 Å². The van der Waals surface area contributed by atoms with E-state index in [9.17, 15) is 16.8 Å². The molecule has 0 amide bonds. The lowest BCUT2D eigenvalue weighted by molar-refractivity contribution is 0.396. The maximum Gasteiger partial charge on any atom is 0.297 e. The third kappa shape index (κ3) is 8.62. The Morgan fingerprint density at radius 3 is 1.45 bits per heavy atom. The summed E-state index contributed by atoms with van der Waals surface area (Å²) in [5.41, 5.74) is 5.16. The molecule has 0 atom stereocenters. The van der Waals surface area contributed by atoms with Crippen molar-refractivity contribution < 1.29 is 25.2 Å². The Balaban J connectivity index is 0.00000141. The molecule has 0 aliphatic carbocycles. The fourth-order valence-electron chi connectivity index (χ4n) is 6.60. The van der Waals surface area contributed by atoms with Gasteiger partial charge in [0.1, 0.15) is 31.9 Å². The monoisotopic (exact) mass is 866 g/mol. The number of benzene rings is 7. The van der Waals surface area contributed by atoms with Gasteiger partial charge in [0.05, 0.1) is 37.0 Å². The molecule has 14 nitrogen and oxygen atoms in total. The van der Waals surface area contributed by atoms with E-state index < -0.39 is 20.2 Å². The Hall–Kier alpha value is -6.98. The first kappa shape index (κ1) is 43.1. The first-order valence-corrected chi connectivity index (χ1v) is 22.5. The van der Waals surface area contributed by atoms with Crippen LogP contribution in [0.1, 0.15) is 38.8 Å². The van der Waals surface area contributed by atoms with Crippen molar-refractivity contribution in [1.82, 2.24) is 30.0 Å². The van der Waals surface area contributed by atoms with E-state index >= 15 is 0 Å². The molecule has 0 N–H and O–H groups in total. The molecule has 0 aliphatic rings. The normalized spacial score (nSPS) is 12.0. The summed E-state index contributed by atoms with van der Waals surface area (Å²) in [5.74, 6) is 0. The van der Waals surface area contributed by atoms with Crippen LogP contribution in [0.15, 0.2) is 153 Å². The molecule has 7 aromatic carbocycles. The van der Waals surface area contributed by atoms with Crippen LogP contribution in [0.3, 0.4) is 0 Å². The summed E-state index contributed by atoms with van der Waals surface area (Å²) in [4.78, 5) is 2.56. The largest absolute Gasteiger partial charge is 0.297 e. The highest BCUT2D eigenvalue weighted by molar-refractivity contribution is 7.87. The van der Waals surface area contributed by atoms with Gasteiger partial charge in [-0.15, -0.1) is 20.4 Å². The minimum Gasteiger partial charge on any atom is -0.270 e. The highest BCUT2D eigenvalue weighted by Gasteiger charge is 2.21. The van der Waals surface area contributed by atoms with Gasteiger partial charge in [-0.3, -0.25) is 8.37 Å². The molecule has 314 valence electrons. The summed E-state index contributed by atoms with van der Waals surface area (Å²) in [6.07, 6.45) is 2.94. The predicted octanol–water partition coefficient (Wildman–Crippen LogP) is 10.8. The maximum absolute atomic E-state index is 13.2. The molecule has 0 radical (unpaired) electrons. The Labute approximate surface area is 359 Å². The molecule has 0 saturated carbocycles. The van der Waals surface area contributed by atoms with E-state index in [2.05, 4.69) is 25.5 Å². The lowest BCUT2D eigenvalue weighted by Gasteiger charge is -2.10. The maximum atomic E-state index is 13.2. The van der Waals surface area contributed by atoms with E-state index in [0.717, 1.165) is 52.5 Å². The second-order valence-electron chi connectivity index (χ2n) is 13.0. The average molecular weight is 867 g/mol. The molecular formula is C46H42N8O6S2. The summed E-state index contributed by atoms with van der Waals surface area (Å²) in [6, 6.07) is 39.7. The molecule has 0 fully saturated rings. The highest BCUT2D eigenvalue weighted by atomic mass is 32.2. The fourth-order valence-corrected chi connectivity index (χ4v) is 8.34. The molecule has 0 bridgehead atoms. The number of aromatic nitrogens is 6. The Morgan fingerprint density at radius 2 is 0.919 bits per heavy atom. The third-order valence-electron chi connectivity index (χ3n) is 9.56. The summed E-state index contributed by atoms with van der Waals surface area (Å²) in [5, 5.41) is 31.1. The summed E-state index contributed by atoms with van der Waals surface area (Å²) in [6.45, 7) is 8.00. The molecule has 0 saturated heterocycles. The number of fused-ring (bicyclic) bond motifs is 6. The van der Waals surface area contributed by atoms with Crippen LogP contribution in [-0.4, -0.2) is 61.0 Å². The van der Waals surface area contributed by atoms with Gasteiger partial charge in [-0.05, 0) is 82.6 Å². The van der Waals surface area contributed by atoms with E-state index in [1.165, 1.54) is 35.1 Å². The second-order valence-corrected chi connectivity index (χ2v) is 16.4. The van der Waals surface area contributed by atoms with E-state index in [1.54, 1.807) is 35.1 Å². The predicted molar refractivity (Wildman–Crippen MR) is 243 cm³/mol. The first-order valence-electron chi connectivity index (χ1n) is 19.7. The number of rotatable bonds is 10. The van der Waals surface area contributed by atoms with E-state index in [4.69, 9.17) is 13.5 Å². The van der Waals surface area contributed by atoms with Gasteiger partial charge in [-0.25, -0.2) is 0 Å². The van der Waals surface area contributed by atoms with Crippen molar-refractivity contribution in [3.05, 3.63) is 145 Å². The van der Waals surface area contributed by atoms with Crippen molar-refractivity contribution in [1.29, 1.82) is 0 Å². The Bertz CT molecular complexity index is 3360. The van der Waals surface area contributed by atoms with Gasteiger partial charge in [-0.1, -0.05) is 113 Å². The molecule has 2 aromatic heterocycles. The molecule has 0 unspecified atom stereocenters. The van der Waals surface area contributed by atoms with Crippen LogP contribution in [0.5, 0.6) is 0 Å². The van der Waals surface area contributed by atoms with Gasteiger partial charge >= 0.3 is 0 Å². The minimum atomic E-state index is -4.25. The van der Waals surface area contributed by atoms with Crippen molar-refractivity contribution in [2.75, 3.05) is 14.2 Å². The summed E-state index contributed by atoms with van der Waals surface area (Å²) < 4.78 is 62.4.